The number of hydrazone groups is 1. The first-order chi connectivity index (χ1) is 15.2. The highest BCUT2D eigenvalue weighted by molar-refractivity contribution is 6.00. The molecule has 31 heavy (non-hydrogen) atoms. The molecule has 0 radical (unpaired) electrons. The molecule has 0 saturated carbocycles. The molecule has 0 saturated heterocycles. The van der Waals surface area contributed by atoms with E-state index in [4.69, 9.17) is 4.74 Å². The van der Waals surface area contributed by atoms with E-state index in [1.54, 1.807) is 41.5 Å². The average Bonchev–Trinajstić information content (AvgIpc) is 3.27. The summed E-state index contributed by atoms with van der Waals surface area (Å²) in [5.41, 5.74) is 5.58. The second kappa shape index (κ2) is 8.91. The summed E-state index contributed by atoms with van der Waals surface area (Å²) >= 11 is 0. The van der Waals surface area contributed by atoms with Gasteiger partial charge in [0.2, 0.25) is 0 Å². The number of aromatic nitrogens is 3. The molecule has 0 bridgehead atoms. The molecule has 8 heteroatoms. The highest BCUT2D eigenvalue weighted by Gasteiger charge is 2.18. The van der Waals surface area contributed by atoms with Crippen LogP contribution in [0.1, 0.15) is 15.9 Å². The zero-order valence-corrected chi connectivity index (χ0v) is 16.6. The molecule has 0 unspecified atom stereocenters. The smallest absolute Gasteiger partial charge is 0.275 e. The monoisotopic (exact) mass is 413 g/mol. The van der Waals surface area contributed by atoms with Crippen LogP contribution in [0.5, 0.6) is 11.5 Å². The van der Waals surface area contributed by atoms with E-state index in [0.29, 0.717) is 22.6 Å². The van der Waals surface area contributed by atoms with Crippen LogP contribution in [-0.2, 0) is 0 Å². The third kappa shape index (κ3) is 4.43. The van der Waals surface area contributed by atoms with E-state index < -0.39 is 5.91 Å². The van der Waals surface area contributed by atoms with Gasteiger partial charge in [-0.15, -0.1) is 0 Å². The summed E-state index contributed by atoms with van der Waals surface area (Å²) in [7, 11) is 1.46. The number of carbonyl (C=O) groups is 1. The van der Waals surface area contributed by atoms with E-state index >= 15 is 0 Å². The number of hydrogen-bond acceptors (Lipinski definition) is 6. The average molecular weight is 413 g/mol. The minimum Gasteiger partial charge on any atom is -0.504 e. The maximum Gasteiger partial charge on any atom is 0.275 e. The van der Waals surface area contributed by atoms with Gasteiger partial charge in [0.25, 0.3) is 5.91 Å². The van der Waals surface area contributed by atoms with Crippen LogP contribution >= 0.6 is 0 Å². The van der Waals surface area contributed by atoms with E-state index in [-0.39, 0.29) is 5.75 Å². The molecule has 0 aliphatic rings. The summed E-state index contributed by atoms with van der Waals surface area (Å²) in [6.45, 7) is 0. The molecule has 2 heterocycles. The van der Waals surface area contributed by atoms with Crippen LogP contribution in [0.2, 0.25) is 0 Å². The van der Waals surface area contributed by atoms with Gasteiger partial charge in [0, 0.05) is 24.2 Å². The van der Waals surface area contributed by atoms with Crippen molar-refractivity contribution in [3.8, 4) is 28.4 Å². The number of ether oxygens (including phenoxy) is 1. The number of carbonyl (C=O) groups excluding carboxylic acids is 1. The fourth-order valence-electron chi connectivity index (χ4n) is 2.97. The lowest BCUT2D eigenvalue weighted by Gasteiger charge is -2.03. The highest BCUT2D eigenvalue weighted by atomic mass is 16.5. The van der Waals surface area contributed by atoms with Gasteiger partial charge in [0.1, 0.15) is 5.69 Å². The van der Waals surface area contributed by atoms with Crippen molar-refractivity contribution >= 4 is 12.1 Å². The van der Waals surface area contributed by atoms with Crippen LogP contribution in [0.3, 0.4) is 0 Å². The van der Waals surface area contributed by atoms with Crippen LogP contribution in [-0.4, -0.2) is 39.1 Å². The predicted octanol–water partition coefficient (Wildman–Crippen LogP) is 3.41. The van der Waals surface area contributed by atoms with Gasteiger partial charge < -0.3 is 9.84 Å². The topological polar surface area (TPSA) is 102 Å². The van der Waals surface area contributed by atoms with Gasteiger partial charge in [-0.1, -0.05) is 18.2 Å². The van der Waals surface area contributed by atoms with Crippen molar-refractivity contribution in [1.82, 2.24) is 20.2 Å². The first-order valence-electron chi connectivity index (χ1n) is 9.41. The Bertz CT molecular complexity index is 1220. The molecule has 154 valence electrons. The Labute approximate surface area is 178 Å². The standard InChI is InChI=1S/C23H19N5O3/c1-31-21-12-16(9-10-20(21)29)13-25-26-23(30)19-15-28(18-7-3-2-4-8-18)27-22(19)17-6-5-11-24-14-17/h2-15,29H,1H3,(H,26,30). The van der Waals surface area contributed by atoms with Crippen LogP contribution in [0, 0.1) is 0 Å². The molecule has 8 nitrogen and oxygen atoms in total. The number of benzene rings is 2. The molecule has 2 N–H and O–H groups in total. The second-order valence-electron chi connectivity index (χ2n) is 6.54. The molecule has 0 spiro atoms. The molecule has 1 amide bonds. The van der Waals surface area contributed by atoms with Gasteiger partial charge in [-0.25, -0.2) is 10.1 Å². The fraction of sp³-hybridized carbons (Fsp3) is 0.0435. The van der Waals surface area contributed by atoms with E-state index in [0.717, 1.165) is 11.3 Å². The number of para-hydroxylation sites is 1. The number of pyridine rings is 1. The first kappa shape index (κ1) is 19.8. The summed E-state index contributed by atoms with van der Waals surface area (Å²) in [6, 6.07) is 17.9. The van der Waals surface area contributed by atoms with Gasteiger partial charge in [-0.2, -0.15) is 10.2 Å². The van der Waals surface area contributed by atoms with Crippen molar-refractivity contribution in [2.75, 3.05) is 7.11 Å². The molecule has 0 aliphatic carbocycles. The molecule has 2 aromatic heterocycles. The van der Waals surface area contributed by atoms with Gasteiger partial charge in [-0.05, 0) is 48.0 Å². The number of nitrogens with zero attached hydrogens (tertiary/aromatic N) is 4. The highest BCUT2D eigenvalue weighted by Crippen LogP contribution is 2.26. The van der Waals surface area contributed by atoms with Gasteiger partial charge >= 0.3 is 0 Å². The van der Waals surface area contributed by atoms with Crippen LogP contribution in [0.4, 0.5) is 0 Å². The SMILES string of the molecule is COc1cc(C=NNC(=O)c2cn(-c3ccccc3)nc2-c2cccnc2)ccc1O. The summed E-state index contributed by atoms with van der Waals surface area (Å²) in [4.78, 5) is 17.0. The molecule has 0 aliphatic heterocycles. The number of methoxy groups -OCH3 is 1. The van der Waals surface area contributed by atoms with E-state index in [9.17, 15) is 9.90 Å². The lowest BCUT2D eigenvalue weighted by Crippen LogP contribution is -2.18. The Morgan fingerprint density at radius 1 is 1.16 bits per heavy atom. The van der Waals surface area contributed by atoms with Crippen molar-refractivity contribution < 1.29 is 14.6 Å². The minimum atomic E-state index is -0.414. The molecule has 0 fully saturated rings. The molecule has 4 aromatic rings. The van der Waals surface area contributed by atoms with Crippen molar-refractivity contribution in [3.63, 3.8) is 0 Å². The lowest BCUT2D eigenvalue weighted by molar-refractivity contribution is 0.0955. The molecular weight excluding hydrogens is 394 g/mol. The maximum atomic E-state index is 12.9. The number of nitrogens with one attached hydrogen (secondary N) is 1. The largest absolute Gasteiger partial charge is 0.504 e. The molecule has 4 rings (SSSR count). The number of phenolic OH excluding ortho intramolecular Hbond substituents is 1. The van der Waals surface area contributed by atoms with Crippen LogP contribution in [0.15, 0.2) is 84.4 Å². The fourth-order valence-corrected chi connectivity index (χ4v) is 2.97. The predicted molar refractivity (Wildman–Crippen MR) is 117 cm³/mol. The van der Waals surface area contributed by atoms with Gasteiger partial charge in [-0.3, -0.25) is 9.78 Å². The number of amides is 1. The normalized spacial score (nSPS) is 10.9. The summed E-state index contributed by atoms with van der Waals surface area (Å²) < 4.78 is 6.72. The third-order valence-corrected chi connectivity index (χ3v) is 4.50. The number of aromatic hydroxyl groups is 1. The van der Waals surface area contributed by atoms with Gasteiger partial charge in [0.15, 0.2) is 11.5 Å². The van der Waals surface area contributed by atoms with Gasteiger partial charge in [0.05, 0.1) is 24.6 Å². The van der Waals surface area contributed by atoms with Crippen molar-refractivity contribution in [2.45, 2.75) is 0 Å². The minimum absolute atomic E-state index is 0.0260. The lowest BCUT2D eigenvalue weighted by atomic mass is 10.1. The van der Waals surface area contributed by atoms with Crippen molar-refractivity contribution in [1.29, 1.82) is 0 Å². The Morgan fingerprint density at radius 2 is 2.00 bits per heavy atom. The van der Waals surface area contributed by atoms with E-state index in [1.807, 2.05) is 36.4 Å². The van der Waals surface area contributed by atoms with Crippen LogP contribution in [0.25, 0.3) is 16.9 Å². The molecule has 0 atom stereocenters. The van der Waals surface area contributed by atoms with Crippen molar-refractivity contribution in [3.05, 3.63) is 90.4 Å². The molecular formula is C23H19N5O3. The quantitative estimate of drug-likeness (QED) is 0.373. The summed E-state index contributed by atoms with van der Waals surface area (Å²) in [5, 5.41) is 18.3. The van der Waals surface area contributed by atoms with Crippen LogP contribution < -0.4 is 10.2 Å². The number of phenols is 1. The zero-order chi connectivity index (χ0) is 21.6. The second-order valence-corrected chi connectivity index (χ2v) is 6.54. The summed E-state index contributed by atoms with van der Waals surface area (Å²) in [5.74, 6) is -0.0700. The number of rotatable bonds is 6. The third-order valence-electron chi connectivity index (χ3n) is 4.50. The Balaban J connectivity index is 1.61. The summed E-state index contributed by atoms with van der Waals surface area (Å²) in [6.07, 6.45) is 6.44. The van der Waals surface area contributed by atoms with Crippen molar-refractivity contribution in [2.24, 2.45) is 5.10 Å². The Hall–Kier alpha value is -4.46. The molecule has 2 aromatic carbocycles. The Morgan fingerprint density at radius 3 is 2.74 bits per heavy atom. The van der Waals surface area contributed by atoms with E-state index in [2.05, 4.69) is 20.6 Å². The maximum absolute atomic E-state index is 12.9. The first-order valence-corrected chi connectivity index (χ1v) is 9.41. The Kier molecular flexibility index (Phi) is 5.70. The zero-order valence-electron chi connectivity index (χ0n) is 16.6. The number of hydrogen-bond donors (Lipinski definition) is 2. The van der Waals surface area contributed by atoms with E-state index in [1.165, 1.54) is 19.4 Å².